The van der Waals surface area contributed by atoms with Crippen molar-refractivity contribution in [3.63, 3.8) is 0 Å². The van der Waals surface area contributed by atoms with Crippen molar-refractivity contribution in [3.8, 4) is 11.8 Å². The number of unbranched alkanes of at least 4 members (excludes halogenated alkanes) is 1. The summed E-state index contributed by atoms with van der Waals surface area (Å²) in [5.74, 6) is 0.804. The molecule has 0 aliphatic carbocycles. The predicted octanol–water partition coefficient (Wildman–Crippen LogP) is 4.91. The van der Waals surface area contributed by atoms with Gasteiger partial charge in [0.25, 0.3) is 5.91 Å². The summed E-state index contributed by atoms with van der Waals surface area (Å²) in [6.45, 7) is 11.5. The fraction of sp³-hybridized carbons (Fsp3) is 0.522. The average molecular weight is 432 g/mol. The average Bonchev–Trinajstić information content (AvgIpc) is 2.68. The van der Waals surface area contributed by atoms with Crippen LogP contribution in [0.3, 0.4) is 0 Å². The molecule has 0 spiro atoms. The first kappa shape index (κ1) is 22.3. The molecule has 0 unspecified atom stereocenters. The maximum absolute atomic E-state index is 13.3. The van der Waals surface area contributed by atoms with E-state index >= 15 is 0 Å². The van der Waals surface area contributed by atoms with Gasteiger partial charge in [-0.3, -0.25) is 4.79 Å². The van der Waals surface area contributed by atoms with E-state index in [1.165, 1.54) is 0 Å². The molecule has 0 N–H and O–H groups in total. The number of rotatable bonds is 8. The Morgan fingerprint density at radius 2 is 2.03 bits per heavy atom. The van der Waals surface area contributed by atoms with Crippen molar-refractivity contribution in [1.82, 2.24) is 14.9 Å². The number of pyridine rings is 2. The van der Waals surface area contributed by atoms with Crippen molar-refractivity contribution < 1.29 is 14.3 Å². The minimum absolute atomic E-state index is 0.0769. The molecule has 0 aromatic carbocycles. The molecule has 3 rings (SSSR count). The van der Waals surface area contributed by atoms with E-state index in [0.717, 1.165) is 35.2 Å². The first-order valence-electron chi connectivity index (χ1n) is 10.5. The largest absolute Gasteiger partial charge is 0.477 e. The minimum atomic E-state index is -0.114. The number of ether oxygens (including phenoxy) is 2. The van der Waals surface area contributed by atoms with Crippen molar-refractivity contribution in [3.05, 3.63) is 45.2 Å². The van der Waals surface area contributed by atoms with Crippen LogP contribution in [0.25, 0.3) is 0 Å². The zero-order chi connectivity index (χ0) is 21.8. The zero-order valence-corrected chi connectivity index (χ0v) is 19.2. The Kier molecular flexibility index (Phi) is 7.19. The van der Waals surface area contributed by atoms with Crippen LogP contribution >= 0.6 is 11.6 Å². The summed E-state index contributed by atoms with van der Waals surface area (Å²) in [6.07, 6.45) is 4.33. The van der Waals surface area contributed by atoms with Crippen LogP contribution in [0.15, 0.2) is 12.3 Å². The van der Waals surface area contributed by atoms with E-state index in [0.29, 0.717) is 43.4 Å². The van der Waals surface area contributed by atoms with Gasteiger partial charge in [0, 0.05) is 24.0 Å². The Hall–Kier alpha value is -2.34. The molecule has 3 heterocycles. The second-order valence-electron chi connectivity index (χ2n) is 7.99. The van der Waals surface area contributed by atoms with Crippen molar-refractivity contribution in [1.29, 1.82) is 0 Å². The topological polar surface area (TPSA) is 64.6 Å². The fourth-order valence-electron chi connectivity index (χ4n) is 3.54. The van der Waals surface area contributed by atoms with Crippen LogP contribution in [-0.2, 0) is 13.0 Å². The maximum Gasteiger partial charge on any atom is 0.256 e. The number of amides is 1. The van der Waals surface area contributed by atoms with Crippen LogP contribution in [0.2, 0.25) is 5.02 Å². The fourth-order valence-corrected chi connectivity index (χ4v) is 3.84. The Morgan fingerprint density at radius 1 is 1.27 bits per heavy atom. The van der Waals surface area contributed by atoms with Gasteiger partial charge in [-0.05, 0) is 57.7 Å². The quantitative estimate of drug-likeness (QED) is 0.555. The second kappa shape index (κ2) is 9.65. The van der Waals surface area contributed by atoms with Crippen LogP contribution in [-0.4, -0.2) is 40.0 Å². The van der Waals surface area contributed by atoms with Crippen LogP contribution in [0.4, 0.5) is 0 Å². The van der Waals surface area contributed by atoms with E-state index in [-0.39, 0.29) is 17.0 Å². The summed E-state index contributed by atoms with van der Waals surface area (Å²) in [5, 5.41) is 0.286. The van der Waals surface area contributed by atoms with Gasteiger partial charge in [-0.15, -0.1) is 0 Å². The first-order valence-corrected chi connectivity index (χ1v) is 10.9. The van der Waals surface area contributed by atoms with E-state index in [1.54, 1.807) is 11.1 Å². The lowest BCUT2D eigenvalue weighted by Crippen LogP contribution is -2.38. The van der Waals surface area contributed by atoms with Gasteiger partial charge in [0.1, 0.15) is 5.02 Å². The molecule has 0 radical (unpaired) electrons. The number of hydrogen-bond acceptors (Lipinski definition) is 5. The second-order valence-corrected chi connectivity index (χ2v) is 8.37. The van der Waals surface area contributed by atoms with E-state index in [9.17, 15) is 4.79 Å². The number of nitrogens with zero attached hydrogens (tertiary/aromatic N) is 3. The third kappa shape index (κ3) is 4.86. The Morgan fingerprint density at radius 3 is 2.73 bits per heavy atom. The number of aromatic nitrogens is 2. The first-order chi connectivity index (χ1) is 14.3. The van der Waals surface area contributed by atoms with Gasteiger partial charge < -0.3 is 14.4 Å². The summed E-state index contributed by atoms with van der Waals surface area (Å²) in [5.41, 5.74) is 4.26. The summed E-state index contributed by atoms with van der Waals surface area (Å²) < 4.78 is 11.6. The van der Waals surface area contributed by atoms with Crippen LogP contribution in [0.5, 0.6) is 11.8 Å². The van der Waals surface area contributed by atoms with Gasteiger partial charge in [0.05, 0.1) is 24.8 Å². The van der Waals surface area contributed by atoms with Crippen LogP contribution in [0, 0.1) is 13.8 Å². The third-order valence-electron chi connectivity index (χ3n) is 5.09. The highest BCUT2D eigenvalue weighted by Crippen LogP contribution is 2.34. The Bertz CT molecular complexity index is 930. The molecule has 1 amide bonds. The van der Waals surface area contributed by atoms with Gasteiger partial charge in [-0.1, -0.05) is 24.9 Å². The lowest BCUT2D eigenvalue weighted by Gasteiger charge is -2.30. The molecule has 0 saturated carbocycles. The lowest BCUT2D eigenvalue weighted by molar-refractivity contribution is 0.0723. The van der Waals surface area contributed by atoms with Crippen LogP contribution in [0.1, 0.15) is 66.4 Å². The van der Waals surface area contributed by atoms with Crippen molar-refractivity contribution >= 4 is 17.5 Å². The highest BCUT2D eigenvalue weighted by Gasteiger charge is 2.30. The predicted molar refractivity (Wildman–Crippen MR) is 118 cm³/mol. The number of fused-ring (bicyclic) bond motifs is 1. The Labute approximate surface area is 183 Å². The van der Waals surface area contributed by atoms with Gasteiger partial charge in [0.2, 0.25) is 11.8 Å². The monoisotopic (exact) mass is 431 g/mol. The van der Waals surface area contributed by atoms with E-state index in [1.807, 2.05) is 33.8 Å². The van der Waals surface area contributed by atoms with Gasteiger partial charge in [0.15, 0.2) is 0 Å². The van der Waals surface area contributed by atoms with Crippen LogP contribution < -0.4 is 9.47 Å². The summed E-state index contributed by atoms with van der Waals surface area (Å²) >= 11 is 6.53. The number of aryl methyl sites for hydroxylation is 2. The van der Waals surface area contributed by atoms with E-state index < -0.39 is 0 Å². The maximum atomic E-state index is 13.3. The molecule has 0 bridgehead atoms. The molecule has 1 aliphatic heterocycles. The molecule has 2 aromatic rings. The molecule has 6 nitrogen and oxygen atoms in total. The number of hydrogen-bond donors (Lipinski definition) is 0. The summed E-state index contributed by atoms with van der Waals surface area (Å²) in [7, 11) is 0. The molecular weight excluding hydrogens is 402 g/mol. The van der Waals surface area contributed by atoms with E-state index in [2.05, 4.69) is 16.9 Å². The molecule has 1 aliphatic rings. The molecule has 2 aromatic heterocycles. The molecule has 30 heavy (non-hydrogen) atoms. The van der Waals surface area contributed by atoms with E-state index in [4.69, 9.17) is 21.1 Å². The number of carbonyl (C=O) groups excluding carboxylic acids is 1. The summed E-state index contributed by atoms with van der Waals surface area (Å²) in [6, 6.07) is 2.02. The SMILES string of the molecule is CCCCOc1nc(C)cc(C)c1CN1CCc2cnc(OC(C)C)c(Cl)c2C1=O. The highest BCUT2D eigenvalue weighted by atomic mass is 35.5. The molecule has 162 valence electrons. The smallest absolute Gasteiger partial charge is 0.256 e. The van der Waals surface area contributed by atoms with Crippen molar-refractivity contribution in [2.24, 2.45) is 0 Å². The third-order valence-corrected chi connectivity index (χ3v) is 5.44. The molecule has 0 atom stereocenters. The van der Waals surface area contributed by atoms with Crippen molar-refractivity contribution in [2.75, 3.05) is 13.2 Å². The number of halogens is 1. The lowest BCUT2D eigenvalue weighted by atomic mass is 10.00. The van der Waals surface area contributed by atoms with Gasteiger partial charge >= 0.3 is 0 Å². The molecule has 0 saturated heterocycles. The molecular formula is C23H30ClN3O3. The normalized spacial score (nSPS) is 13.6. The van der Waals surface area contributed by atoms with Gasteiger partial charge in [-0.25, -0.2) is 9.97 Å². The highest BCUT2D eigenvalue weighted by molar-refractivity contribution is 6.35. The Balaban J connectivity index is 1.89. The molecule has 7 heteroatoms. The van der Waals surface area contributed by atoms with Gasteiger partial charge in [-0.2, -0.15) is 0 Å². The summed E-state index contributed by atoms with van der Waals surface area (Å²) in [4.78, 5) is 24.0. The molecule has 0 fully saturated rings. The number of carbonyl (C=O) groups is 1. The standard InChI is InChI=1S/C23H30ClN3O3/c1-6-7-10-29-21-18(15(4)11-16(5)26-21)13-27-9-8-17-12-25-22(30-14(2)3)20(24)19(17)23(27)28/h11-12,14H,6-10,13H2,1-5H3. The van der Waals surface area contributed by atoms with Crippen molar-refractivity contribution in [2.45, 2.75) is 66.5 Å². The minimum Gasteiger partial charge on any atom is -0.477 e. The zero-order valence-electron chi connectivity index (χ0n) is 18.4.